The predicted octanol–water partition coefficient (Wildman–Crippen LogP) is 6.68. The average Bonchev–Trinajstić information content (AvgIpc) is 3.23. The molecule has 0 aliphatic carbocycles. The van der Waals surface area contributed by atoms with Gasteiger partial charge in [-0.1, -0.05) is 35.3 Å². The summed E-state index contributed by atoms with van der Waals surface area (Å²) < 4.78 is 5.52. The van der Waals surface area contributed by atoms with Crippen molar-refractivity contribution >= 4 is 80.5 Å². The molecule has 0 atom stereocenters. The van der Waals surface area contributed by atoms with Crippen molar-refractivity contribution in [2.45, 2.75) is 26.4 Å². The lowest BCUT2D eigenvalue weighted by Gasteiger charge is -2.37. The van der Waals surface area contributed by atoms with E-state index in [0.29, 0.717) is 52.0 Å². The van der Waals surface area contributed by atoms with E-state index >= 15 is 0 Å². The van der Waals surface area contributed by atoms with Crippen molar-refractivity contribution in [3.8, 4) is 0 Å². The summed E-state index contributed by atoms with van der Waals surface area (Å²) in [7, 11) is 0. The van der Waals surface area contributed by atoms with Crippen molar-refractivity contribution in [2.75, 3.05) is 36.4 Å². The van der Waals surface area contributed by atoms with E-state index in [9.17, 15) is 9.59 Å². The van der Waals surface area contributed by atoms with Crippen molar-refractivity contribution in [1.29, 1.82) is 0 Å². The molecule has 11 heteroatoms. The smallest absolute Gasteiger partial charge is 0.410 e. The Balaban J connectivity index is 1.32. The van der Waals surface area contributed by atoms with Crippen LogP contribution >= 0.6 is 35.0 Å². The van der Waals surface area contributed by atoms with E-state index in [2.05, 4.69) is 20.2 Å². The third-order valence-electron chi connectivity index (χ3n) is 6.13. The number of hydrogen-bond donors (Lipinski definition) is 1. The zero-order chi connectivity index (χ0) is 27.7. The number of amides is 2. The molecule has 8 nitrogen and oxygen atoms in total. The van der Waals surface area contributed by atoms with E-state index in [4.69, 9.17) is 27.9 Å². The van der Waals surface area contributed by atoms with Crippen LogP contribution in [0.25, 0.3) is 17.0 Å². The van der Waals surface area contributed by atoms with Gasteiger partial charge >= 0.3 is 6.09 Å². The molecule has 5 rings (SSSR count). The Hall–Kier alpha value is -3.27. The van der Waals surface area contributed by atoms with Crippen LogP contribution in [0.4, 0.5) is 16.2 Å². The van der Waals surface area contributed by atoms with Gasteiger partial charge < -0.3 is 19.9 Å². The van der Waals surface area contributed by atoms with Crippen LogP contribution in [0.1, 0.15) is 26.3 Å². The van der Waals surface area contributed by atoms with Gasteiger partial charge in [0.15, 0.2) is 5.17 Å². The van der Waals surface area contributed by atoms with Crippen molar-refractivity contribution in [2.24, 2.45) is 4.99 Å². The summed E-state index contributed by atoms with van der Waals surface area (Å²) in [4.78, 5) is 38.2. The summed E-state index contributed by atoms with van der Waals surface area (Å²) in [5, 5.41) is 5.32. The van der Waals surface area contributed by atoms with Gasteiger partial charge in [-0.25, -0.2) is 4.79 Å². The van der Waals surface area contributed by atoms with Crippen LogP contribution in [0, 0.1) is 0 Å². The first-order valence-corrected chi connectivity index (χ1v) is 14.0. The van der Waals surface area contributed by atoms with Gasteiger partial charge in [0.05, 0.1) is 26.2 Å². The molecule has 202 valence electrons. The fourth-order valence-electron chi connectivity index (χ4n) is 4.31. The van der Waals surface area contributed by atoms with Crippen LogP contribution < -0.4 is 10.2 Å². The lowest BCUT2D eigenvalue weighted by atomic mass is 10.1. The van der Waals surface area contributed by atoms with Gasteiger partial charge in [-0.3, -0.25) is 9.78 Å². The fourth-order valence-corrected chi connectivity index (χ4v) is 5.62. The number of ether oxygens (including phenoxy) is 1. The Labute approximate surface area is 241 Å². The second-order valence-electron chi connectivity index (χ2n) is 10.1. The molecule has 1 aromatic heterocycles. The monoisotopic (exact) mass is 583 g/mol. The number of para-hydroxylation sites is 1. The number of nitrogens with zero attached hydrogens (tertiary/aromatic N) is 4. The number of benzene rings is 2. The zero-order valence-corrected chi connectivity index (χ0v) is 24.0. The third kappa shape index (κ3) is 6.32. The Bertz CT molecular complexity index is 1490. The minimum atomic E-state index is -0.525. The first kappa shape index (κ1) is 27.3. The number of pyridine rings is 1. The molecular weight excluding hydrogens is 557 g/mol. The zero-order valence-electron chi connectivity index (χ0n) is 21.7. The number of anilines is 2. The number of aromatic nitrogens is 1. The fraction of sp³-hybridized carbons (Fsp3) is 0.286. The van der Waals surface area contributed by atoms with Crippen LogP contribution in [0.3, 0.4) is 0 Å². The highest BCUT2D eigenvalue weighted by molar-refractivity contribution is 8.18. The molecule has 0 radical (unpaired) electrons. The Morgan fingerprint density at radius 1 is 1.08 bits per heavy atom. The van der Waals surface area contributed by atoms with Crippen LogP contribution in [0.2, 0.25) is 10.0 Å². The second-order valence-corrected chi connectivity index (χ2v) is 12.0. The maximum absolute atomic E-state index is 12.7. The van der Waals surface area contributed by atoms with E-state index in [1.807, 2.05) is 51.1 Å². The third-order valence-corrected chi connectivity index (χ3v) is 7.66. The maximum Gasteiger partial charge on any atom is 0.410 e. The summed E-state index contributed by atoms with van der Waals surface area (Å²) in [6.45, 7) is 8.08. The quantitative estimate of drug-likeness (QED) is 0.344. The number of thioether (sulfide) groups is 1. The highest BCUT2D eigenvalue weighted by atomic mass is 35.5. The minimum Gasteiger partial charge on any atom is -0.444 e. The molecule has 1 saturated heterocycles. The molecule has 1 fully saturated rings. The van der Waals surface area contributed by atoms with Crippen LogP contribution in [-0.2, 0) is 9.53 Å². The molecule has 2 aromatic carbocycles. The molecule has 0 bridgehead atoms. The molecule has 0 saturated carbocycles. The summed E-state index contributed by atoms with van der Waals surface area (Å²) in [5.41, 5.74) is 2.72. The summed E-state index contributed by atoms with van der Waals surface area (Å²) in [5.74, 6) is -0.338. The van der Waals surface area contributed by atoms with Crippen LogP contribution in [0.5, 0.6) is 0 Å². The van der Waals surface area contributed by atoms with Gasteiger partial charge in [-0.05, 0) is 74.5 Å². The minimum absolute atomic E-state index is 0.290. The van der Waals surface area contributed by atoms with Crippen molar-refractivity contribution in [3.05, 3.63) is 69.2 Å². The molecule has 2 amide bonds. The number of hydrogen-bond acceptors (Lipinski definition) is 7. The SMILES string of the molecule is CC(C)(C)OC(=O)N1CCN(c2ccnc3ccc(/C=C4/SC(Nc5c(Cl)cccc5Cl)=NC4=O)cc23)CC1. The number of piperazine rings is 1. The number of amidine groups is 1. The van der Waals surface area contributed by atoms with Gasteiger partial charge in [0.25, 0.3) is 5.91 Å². The number of rotatable bonds is 3. The van der Waals surface area contributed by atoms with E-state index in [1.54, 1.807) is 29.3 Å². The van der Waals surface area contributed by atoms with Crippen molar-refractivity contribution in [1.82, 2.24) is 9.88 Å². The second kappa shape index (κ2) is 11.1. The highest BCUT2D eigenvalue weighted by Crippen LogP contribution is 2.35. The molecule has 0 unspecified atom stereocenters. The van der Waals surface area contributed by atoms with E-state index in [0.717, 1.165) is 22.2 Å². The van der Waals surface area contributed by atoms with Gasteiger partial charge in [0.1, 0.15) is 5.60 Å². The van der Waals surface area contributed by atoms with Crippen molar-refractivity contribution < 1.29 is 14.3 Å². The Morgan fingerprint density at radius 3 is 2.49 bits per heavy atom. The predicted molar refractivity (Wildman–Crippen MR) is 160 cm³/mol. The number of halogens is 2. The van der Waals surface area contributed by atoms with E-state index in [1.165, 1.54) is 11.8 Å². The standard InChI is InChI=1S/C28H27Cl2N5O3S/c1-28(2,3)38-27(37)35-13-11-34(12-14-35)22-9-10-31-21-8-7-17(15-18(21)22)16-23-25(36)33-26(39-23)32-24-19(29)5-4-6-20(24)30/h4-10,15-16H,11-14H2,1-3H3,(H,32,33,36)/b23-16+. The molecule has 3 aromatic rings. The normalized spacial score (nSPS) is 17.1. The Morgan fingerprint density at radius 2 is 1.79 bits per heavy atom. The molecular formula is C28H27Cl2N5O3S. The highest BCUT2D eigenvalue weighted by Gasteiger charge is 2.27. The number of carbonyl (C=O) groups excluding carboxylic acids is 2. The van der Waals surface area contributed by atoms with E-state index in [-0.39, 0.29) is 12.0 Å². The van der Waals surface area contributed by atoms with Gasteiger partial charge in [-0.2, -0.15) is 4.99 Å². The lowest BCUT2D eigenvalue weighted by Crippen LogP contribution is -2.50. The first-order chi connectivity index (χ1) is 18.6. The maximum atomic E-state index is 12.7. The number of aliphatic imine (C=N–C) groups is 1. The molecule has 39 heavy (non-hydrogen) atoms. The van der Waals surface area contributed by atoms with Crippen molar-refractivity contribution in [3.63, 3.8) is 0 Å². The molecule has 1 N–H and O–H groups in total. The Kier molecular flexibility index (Phi) is 7.75. The molecule has 0 spiro atoms. The topological polar surface area (TPSA) is 87.1 Å². The van der Waals surface area contributed by atoms with Gasteiger partial charge in [0, 0.05) is 43.4 Å². The van der Waals surface area contributed by atoms with Gasteiger partial charge in [0.2, 0.25) is 0 Å². The number of nitrogens with one attached hydrogen (secondary N) is 1. The van der Waals surface area contributed by atoms with E-state index < -0.39 is 5.60 Å². The van der Waals surface area contributed by atoms with Crippen LogP contribution in [-0.4, -0.2) is 58.8 Å². The summed E-state index contributed by atoms with van der Waals surface area (Å²) in [6, 6.07) is 13.1. The number of fused-ring (bicyclic) bond motifs is 1. The average molecular weight is 585 g/mol. The molecule has 2 aliphatic rings. The number of carbonyl (C=O) groups is 2. The summed E-state index contributed by atoms with van der Waals surface area (Å²) in [6.07, 6.45) is 3.32. The molecule has 3 heterocycles. The largest absolute Gasteiger partial charge is 0.444 e. The lowest BCUT2D eigenvalue weighted by molar-refractivity contribution is -0.113. The van der Waals surface area contributed by atoms with Gasteiger partial charge in [-0.15, -0.1) is 0 Å². The van der Waals surface area contributed by atoms with Crippen LogP contribution in [0.15, 0.2) is 58.6 Å². The first-order valence-electron chi connectivity index (χ1n) is 12.4. The summed E-state index contributed by atoms with van der Waals surface area (Å²) >= 11 is 13.7. The molecule has 2 aliphatic heterocycles.